The number of aromatic amines is 1. The normalized spacial score (nSPS) is 10.3. The number of rotatable bonds is 6. The van der Waals surface area contributed by atoms with Gasteiger partial charge in [0.1, 0.15) is 5.69 Å². The van der Waals surface area contributed by atoms with Gasteiger partial charge in [-0.15, -0.1) is 0 Å². The van der Waals surface area contributed by atoms with E-state index in [9.17, 15) is 4.79 Å². The number of anilines is 1. The van der Waals surface area contributed by atoms with Crippen LogP contribution in [-0.2, 0) is 6.42 Å². The molecule has 0 atom stereocenters. The molecular weight excluding hydrogens is 254 g/mol. The Morgan fingerprint density at radius 1 is 1.35 bits per heavy atom. The topological polar surface area (TPSA) is 82.7 Å². The van der Waals surface area contributed by atoms with Crippen LogP contribution in [0, 0.1) is 6.92 Å². The van der Waals surface area contributed by atoms with Crippen molar-refractivity contribution in [3.63, 3.8) is 0 Å². The molecule has 2 heterocycles. The van der Waals surface area contributed by atoms with Crippen LogP contribution in [0.4, 0.5) is 5.69 Å². The van der Waals surface area contributed by atoms with E-state index in [0.29, 0.717) is 12.2 Å². The molecule has 0 aliphatic rings. The summed E-state index contributed by atoms with van der Waals surface area (Å²) in [5.41, 5.74) is 3.59. The van der Waals surface area contributed by atoms with Crippen LogP contribution >= 0.6 is 0 Å². The van der Waals surface area contributed by atoms with Crippen molar-refractivity contribution in [3.05, 3.63) is 41.5 Å². The van der Waals surface area contributed by atoms with Crippen molar-refractivity contribution in [2.24, 2.45) is 0 Å². The van der Waals surface area contributed by atoms with Crippen molar-refractivity contribution < 1.29 is 4.79 Å². The van der Waals surface area contributed by atoms with Gasteiger partial charge in [-0.2, -0.15) is 5.10 Å². The molecule has 0 aliphatic heterocycles. The van der Waals surface area contributed by atoms with Crippen LogP contribution in [0.5, 0.6) is 0 Å². The lowest BCUT2D eigenvalue weighted by atomic mass is 10.1. The average molecular weight is 273 g/mol. The zero-order valence-corrected chi connectivity index (χ0v) is 11.7. The molecule has 2 rings (SSSR count). The monoisotopic (exact) mass is 273 g/mol. The number of carbonyl (C=O) groups is 1. The smallest absolute Gasteiger partial charge is 0.269 e. The molecule has 20 heavy (non-hydrogen) atoms. The van der Waals surface area contributed by atoms with Crippen molar-refractivity contribution in [2.75, 3.05) is 18.9 Å². The maximum atomic E-state index is 11.9. The van der Waals surface area contributed by atoms with Gasteiger partial charge in [0.25, 0.3) is 5.91 Å². The van der Waals surface area contributed by atoms with Crippen molar-refractivity contribution in [1.29, 1.82) is 0 Å². The molecule has 0 bridgehead atoms. The Kier molecular flexibility index (Phi) is 4.70. The summed E-state index contributed by atoms with van der Waals surface area (Å²) in [6.07, 6.45) is 5.24. The minimum atomic E-state index is -0.142. The fourth-order valence-electron chi connectivity index (χ4n) is 1.88. The molecule has 3 N–H and O–H groups in total. The lowest BCUT2D eigenvalue weighted by molar-refractivity contribution is 0.0948. The van der Waals surface area contributed by atoms with E-state index in [1.165, 1.54) is 5.56 Å². The van der Waals surface area contributed by atoms with Crippen LogP contribution in [0.3, 0.4) is 0 Å². The third-order valence-electron chi connectivity index (χ3n) is 3.13. The highest BCUT2D eigenvalue weighted by Crippen LogP contribution is 2.06. The molecule has 0 spiro atoms. The quantitative estimate of drug-likeness (QED) is 0.697. The molecule has 0 fully saturated rings. The van der Waals surface area contributed by atoms with Gasteiger partial charge in [0.2, 0.25) is 0 Å². The summed E-state index contributed by atoms with van der Waals surface area (Å²) in [6.45, 7) is 2.62. The van der Waals surface area contributed by atoms with E-state index in [1.807, 2.05) is 26.2 Å². The molecule has 0 aromatic carbocycles. The van der Waals surface area contributed by atoms with Gasteiger partial charge < -0.3 is 10.6 Å². The summed E-state index contributed by atoms with van der Waals surface area (Å²) >= 11 is 0. The van der Waals surface area contributed by atoms with Gasteiger partial charge in [-0.1, -0.05) is 0 Å². The number of aryl methyl sites for hydroxylation is 2. The molecule has 0 unspecified atom stereocenters. The number of carbonyl (C=O) groups excluding carboxylic acids is 1. The third-order valence-corrected chi connectivity index (χ3v) is 3.13. The number of nitrogens with zero attached hydrogens (tertiary/aromatic N) is 2. The van der Waals surface area contributed by atoms with Crippen LogP contribution in [-0.4, -0.2) is 34.7 Å². The van der Waals surface area contributed by atoms with E-state index in [4.69, 9.17) is 0 Å². The SMILES string of the molecule is CNc1ccc(C(=O)NCCCc2cn[nH]c2C)nc1. The Morgan fingerprint density at radius 2 is 2.20 bits per heavy atom. The van der Waals surface area contributed by atoms with E-state index >= 15 is 0 Å². The molecule has 0 aliphatic carbocycles. The average Bonchev–Trinajstić information content (AvgIpc) is 2.89. The minimum absolute atomic E-state index is 0.142. The van der Waals surface area contributed by atoms with Crippen molar-refractivity contribution >= 4 is 11.6 Å². The largest absolute Gasteiger partial charge is 0.387 e. The van der Waals surface area contributed by atoms with Crippen LogP contribution in [0.2, 0.25) is 0 Å². The van der Waals surface area contributed by atoms with Crippen molar-refractivity contribution in [1.82, 2.24) is 20.5 Å². The van der Waals surface area contributed by atoms with Crippen LogP contribution in [0.1, 0.15) is 28.2 Å². The number of H-pyrrole nitrogens is 1. The van der Waals surface area contributed by atoms with Crippen LogP contribution < -0.4 is 10.6 Å². The predicted molar refractivity (Wildman–Crippen MR) is 77.8 cm³/mol. The number of hydrogen-bond donors (Lipinski definition) is 3. The summed E-state index contributed by atoms with van der Waals surface area (Å²) in [6, 6.07) is 3.54. The standard InChI is InChI=1S/C14H19N5O/c1-10-11(8-18-19-10)4-3-7-16-14(20)13-6-5-12(15-2)9-17-13/h5-6,8-9,15H,3-4,7H2,1-2H3,(H,16,20)(H,18,19). The minimum Gasteiger partial charge on any atom is -0.387 e. The highest BCUT2D eigenvalue weighted by Gasteiger charge is 2.06. The predicted octanol–water partition coefficient (Wildman–Crippen LogP) is 1.52. The second-order valence-electron chi connectivity index (χ2n) is 4.56. The highest BCUT2D eigenvalue weighted by atomic mass is 16.1. The molecule has 6 heteroatoms. The van der Waals surface area contributed by atoms with Crippen LogP contribution in [0.15, 0.2) is 24.5 Å². The van der Waals surface area contributed by atoms with Gasteiger partial charge in [-0.05, 0) is 37.5 Å². The molecule has 106 valence electrons. The zero-order chi connectivity index (χ0) is 14.4. The van der Waals surface area contributed by atoms with E-state index in [2.05, 4.69) is 25.8 Å². The molecule has 0 saturated heterocycles. The molecular formula is C14H19N5O. The Labute approximate surface area is 118 Å². The van der Waals surface area contributed by atoms with Gasteiger partial charge in [-0.25, -0.2) is 4.98 Å². The number of nitrogens with one attached hydrogen (secondary N) is 3. The maximum Gasteiger partial charge on any atom is 0.269 e. The summed E-state index contributed by atoms with van der Waals surface area (Å²) < 4.78 is 0. The Balaban J connectivity index is 1.76. The summed E-state index contributed by atoms with van der Waals surface area (Å²) in [7, 11) is 1.81. The van der Waals surface area contributed by atoms with Gasteiger partial charge >= 0.3 is 0 Å². The Morgan fingerprint density at radius 3 is 2.80 bits per heavy atom. The second kappa shape index (κ2) is 6.70. The molecule has 6 nitrogen and oxygen atoms in total. The zero-order valence-electron chi connectivity index (χ0n) is 11.7. The Bertz CT molecular complexity index is 561. The van der Waals surface area contributed by atoms with E-state index in [0.717, 1.165) is 24.2 Å². The fourth-order valence-corrected chi connectivity index (χ4v) is 1.88. The molecule has 0 saturated carbocycles. The van der Waals surface area contributed by atoms with E-state index in [-0.39, 0.29) is 5.91 Å². The van der Waals surface area contributed by atoms with Crippen molar-refractivity contribution in [3.8, 4) is 0 Å². The summed E-state index contributed by atoms with van der Waals surface area (Å²) in [5.74, 6) is -0.142. The summed E-state index contributed by atoms with van der Waals surface area (Å²) in [4.78, 5) is 16.0. The van der Waals surface area contributed by atoms with Gasteiger partial charge in [0.15, 0.2) is 0 Å². The summed E-state index contributed by atoms with van der Waals surface area (Å²) in [5, 5.41) is 12.7. The lowest BCUT2D eigenvalue weighted by Crippen LogP contribution is -2.25. The van der Waals surface area contributed by atoms with Crippen molar-refractivity contribution in [2.45, 2.75) is 19.8 Å². The lowest BCUT2D eigenvalue weighted by Gasteiger charge is -2.05. The van der Waals surface area contributed by atoms with Gasteiger partial charge in [0.05, 0.1) is 18.1 Å². The first-order valence-corrected chi connectivity index (χ1v) is 6.61. The molecule has 2 aromatic rings. The first kappa shape index (κ1) is 14.0. The first-order valence-electron chi connectivity index (χ1n) is 6.61. The molecule has 2 aromatic heterocycles. The van der Waals surface area contributed by atoms with E-state index < -0.39 is 0 Å². The fraction of sp³-hybridized carbons (Fsp3) is 0.357. The molecule has 1 amide bonds. The first-order chi connectivity index (χ1) is 9.70. The number of pyridine rings is 1. The van der Waals surface area contributed by atoms with E-state index in [1.54, 1.807) is 12.3 Å². The molecule has 0 radical (unpaired) electrons. The highest BCUT2D eigenvalue weighted by molar-refractivity contribution is 5.92. The number of hydrogen-bond acceptors (Lipinski definition) is 4. The third kappa shape index (κ3) is 3.57. The number of aromatic nitrogens is 3. The maximum absolute atomic E-state index is 11.9. The second-order valence-corrected chi connectivity index (χ2v) is 4.56. The number of amides is 1. The van der Waals surface area contributed by atoms with Gasteiger partial charge in [0, 0.05) is 19.3 Å². The van der Waals surface area contributed by atoms with Gasteiger partial charge in [-0.3, -0.25) is 9.89 Å². The Hall–Kier alpha value is -2.37. The van der Waals surface area contributed by atoms with Crippen LogP contribution in [0.25, 0.3) is 0 Å².